The van der Waals surface area contributed by atoms with Gasteiger partial charge in [0.2, 0.25) is 5.91 Å². The van der Waals surface area contributed by atoms with Crippen molar-refractivity contribution in [3.8, 4) is 0 Å². The first-order valence-corrected chi connectivity index (χ1v) is 9.92. The van der Waals surface area contributed by atoms with E-state index in [-0.39, 0.29) is 11.5 Å². The summed E-state index contributed by atoms with van der Waals surface area (Å²) in [7, 11) is 0. The van der Waals surface area contributed by atoms with Crippen LogP contribution in [0, 0.1) is 5.92 Å². The van der Waals surface area contributed by atoms with Crippen molar-refractivity contribution in [2.24, 2.45) is 5.92 Å². The fourth-order valence-corrected chi connectivity index (χ4v) is 4.05. The summed E-state index contributed by atoms with van der Waals surface area (Å²) < 4.78 is 1.46. The van der Waals surface area contributed by atoms with Gasteiger partial charge in [-0.05, 0) is 49.8 Å². The first kappa shape index (κ1) is 18.4. The van der Waals surface area contributed by atoms with Gasteiger partial charge in [0.15, 0.2) is 0 Å². The summed E-state index contributed by atoms with van der Waals surface area (Å²) in [6, 6.07) is 17.2. The fourth-order valence-electron chi connectivity index (χ4n) is 4.05. The van der Waals surface area contributed by atoms with Crippen LogP contribution in [0.2, 0.25) is 0 Å². The first-order chi connectivity index (χ1) is 13.6. The van der Waals surface area contributed by atoms with Gasteiger partial charge in [0, 0.05) is 13.1 Å². The molecule has 1 amide bonds. The average Bonchev–Trinajstić information content (AvgIpc) is 2.74. The van der Waals surface area contributed by atoms with Crippen LogP contribution in [0.15, 0.2) is 65.7 Å². The zero-order valence-corrected chi connectivity index (χ0v) is 16.1. The second kappa shape index (κ2) is 7.97. The van der Waals surface area contributed by atoms with Crippen LogP contribution in [0.4, 0.5) is 0 Å². The maximum Gasteiger partial charge on any atom is 0.261 e. The summed E-state index contributed by atoms with van der Waals surface area (Å²) in [6.07, 6.45) is 4.55. The number of hydrogen-bond acceptors (Lipinski definition) is 3. The van der Waals surface area contributed by atoms with Crippen LogP contribution >= 0.6 is 0 Å². The first-order valence-electron chi connectivity index (χ1n) is 9.92. The molecule has 1 saturated heterocycles. The van der Waals surface area contributed by atoms with Crippen molar-refractivity contribution in [1.29, 1.82) is 0 Å². The molecule has 0 unspecified atom stereocenters. The normalized spacial score (nSPS) is 16.2. The molecule has 1 fully saturated rings. The third kappa shape index (κ3) is 3.70. The van der Waals surface area contributed by atoms with Crippen LogP contribution in [0.1, 0.15) is 31.4 Å². The number of fused-ring (bicyclic) bond motifs is 1. The molecule has 28 heavy (non-hydrogen) atoms. The summed E-state index contributed by atoms with van der Waals surface area (Å²) in [5.41, 5.74) is 1.85. The lowest BCUT2D eigenvalue weighted by molar-refractivity contribution is -0.135. The average molecular weight is 375 g/mol. The van der Waals surface area contributed by atoms with Gasteiger partial charge < -0.3 is 4.90 Å². The van der Waals surface area contributed by atoms with E-state index in [4.69, 9.17) is 0 Å². The van der Waals surface area contributed by atoms with E-state index in [1.165, 1.54) is 16.5 Å². The lowest BCUT2D eigenvalue weighted by Gasteiger charge is -2.34. The van der Waals surface area contributed by atoms with Crippen LogP contribution in [-0.2, 0) is 11.2 Å². The SMILES string of the molecule is C[C@H](C(=O)N1CCC(Cc2ccccc2)CC1)n1cnc2ccccc2c1=O. The number of amides is 1. The zero-order valence-electron chi connectivity index (χ0n) is 16.1. The molecule has 1 aliphatic rings. The summed E-state index contributed by atoms with van der Waals surface area (Å²) in [6.45, 7) is 3.28. The Hall–Kier alpha value is -2.95. The molecule has 0 aliphatic carbocycles. The Labute approximate surface area is 164 Å². The van der Waals surface area contributed by atoms with Crippen molar-refractivity contribution in [1.82, 2.24) is 14.5 Å². The third-order valence-corrected chi connectivity index (χ3v) is 5.76. The zero-order chi connectivity index (χ0) is 19.5. The number of hydrogen-bond donors (Lipinski definition) is 0. The molecule has 5 heteroatoms. The minimum absolute atomic E-state index is 0.00246. The third-order valence-electron chi connectivity index (χ3n) is 5.76. The van der Waals surface area contributed by atoms with E-state index in [9.17, 15) is 9.59 Å². The van der Waals surface area contributed by atoms with E-state index in [0.717, 1.165) is 32.4 Å². The van der Waals surface area contributed by atoms with Crippen LogP contribution in [0.25, 0.3) is 10.9 Å². The summed E-state index contributed by atoms with van der Waals surface area (Å²) in [4.78, 5) is 32.0. The second-order valence-corrected chi connectivity index (χ2v) is 7.61. The highest BCUT2D eigenvalue weighted by molar-refractivity contribution is 5.81. The highest BCUT2D eigenvalue weighted by Crippen LogP contribution is 2.23. The summed E-state index contributed by atoms with van der Waals surface area (Å²) in [5.74, 6) is 0.601. The molecule has 0 radical (unpaired) electrons. The number of carbonyl (C=O) groups excluding carboxylic acids is 1. The van der Waals surface area contributed by atoms with Crippen LogP contribution in [-0.4, -0.2) is 33.4 Å². The number of likely N-dealkylation sites (tertiary alicyclic amines) is 1. The van der Waals surface area contributed by atoms with Crippen molar-refractivity contribution in [3.05, 3.63) is 76.8 Å². The molecule has 4 rings (SSSR count). The predicted octanol–water partition coefficient (Wildman–Crippen LogP) is 3.44. The molecule has 0 saturated carbocycles. The molecule has 1 aliphatic heterocycles. The van der Waals surface area contributed by atoms with Crippen molar-refractivity contribution < 1.29 is 4.79 Å². The molecule has 0 bridgehead atoms. The molecular formula is C23H25N3O2. The Morgan fingerprint density at radius 3 is 2.50 bits per heavy atom. The van der Waals surface area contributed by atoms with Gasteiger partial charge in [-0.2, -0.15) is 0 Å². The molecule has 144 valence electrons. The molecule has 2 heterocycles. The van der Waals surface area contributed by atoms with Gasteiger partial charge in [-0.3, -0.25) is 14.2 Å². The van der Waals surface area contributed by atoms with Crippen LogP contribution < -0.4 is 5.56 Å². The van der Waals surface area contributed by atoms with Crippen molar-refractivity contribution in [3.63, 3.8) is 0 Å². The number of carbonyl (C=O) groups is 1. The van der Waals surface area contributed by atoms with Gasteiger partial charge in [-0.1, -0.05) is 42.5 Å². The van der Waals surface area contributed by atoms with Gasteiger partial charge in [-0.15, -0.1) is 0 Å². The van der Waals surface area contributed by atoms with Gasteiger partial charge in [0.1, 0.15) is 6.04 Å². The number of benzene rings is 2. The Balaban J connectivity index is 1.43. The predicted molar refractivity (Wildman–Crippen MR) is 110 cm³/mol. The van der Waals surface area contributed by atoms with Gasteiger partial charge >= 0.3 is 0 Å². The quantitative estimate of drug-likeness (QED) is 0.702. The molecule has 3 aromatic rings. The fraction of sp³-hybridized carbons (Fsp3) is 0.348. The van der Waals surface area contributed by atoms with Gasteiger partial charge in [0.25, 0.3) is 5.56 Å². The molecule has 1 aromatic heterocycles. The lowest BCUT2D eigenvalue weighted by atomic mass is 9.90. The number of piperidine rings is 1. The number of rotatable bonds is 4. The topological polar surface area (TPSA) is 55.2 Å². The maximum atomic E-state index is 13.0. The second-order valence-electron chi connectivity index (χ2n) is 7.61. The standard InChI is InChI=1S/C23H25N3O2/c1-17(26-16-24-21-10-6-5-9-20(21)23(26)28)22(27)25-13-11-19(12-14-25)15-18-7-3-2-4-8-18/h2-10,16-17,19H,11-15H2,1H3/t17-/m1/s1. The van der Waals surface area contributed by atoms with Gasteiger partial charge in [-0.25, -0.2) is 4.98 Å². The van der Waals surface area contributed by atoms with E-state index in [0.29, 0.717) is 16.8 Å². The Kier molecular flexibility index (Phi) is 5.24. The molecular weight excluding hydrogens is 350 g/mol. The van der Waals surface area contributed by atoms with E-state index in [1.807, 2.05) is 29.2 Å². The minimum Gasteiger partial charge on any atom is -0.341 e. The molecule has 2 aromatic carbocycles. The lowest BCUT2D eigenvalue weighted by Crippen LogP contribution is -2.43. The monoisotopic (exact) mass is 375 g/mol. The molecule has 0 spiro atoms. The van der Waals surface area contributed by atoms with E-state index in [1.54, 1.807) is 13.0 Å². The van der Waals surface area contributed by atoms with E-state index in [2.05, 4.69) is 29.2 Å². The molecule has 5 nitrogen and oxygen atoms in total. The number of nitrogens with zero attached hydrogens (tertiary/aromatic N) is 3. The number of para-hydroxylation sites is 1. The van der Waals surface area contributed by atoms with Crippen LogP contribution in [0.3, 0.4) is 0 Å². The smallest absolute Gasteiger partial charge is 0.261 e. The summed E-state index contributed by atoms with van der Waals surface area (Å²) in [5, 5.41) is 0.547. The molecule has 0 N–H and O–H groups in total. The Bertz CT molecular complexity index is 1020. The molecule has 1 atom stereocenters. The van der Waals surface area contributed by atoms with E-state index >= 15 is 0 Å². The van der Waals surface area contributed by atoms with Crippen molar-refractivity contribution in [2.75, 3.05) is 13.1 Å². The van der Waals surface area contributed by atoms with Gasteiger partial charge in [0.05, 0.1) is 17.2 Å². The highest BCUT2D eigenvalue weighted by atomic mass is 16.2. The Morgan fingerprint density at radius 1 is 1.07 bits per heavy atom. The Morgan fingerprint density at radius 2 is 1.75 bits per heavy atom. The maximum absolute atomic E-state index is 13.0. The highest BCUT2D eigenvalue weighted by Gasteiger charge is 2.27. The largest absolute Gasteiger partial charge is 0.341 e. The number of aromatic nitrogens is 2. The van der Waals surface area contributed by atoms with Crippen molar-refractivity contribution in [2.45, 2.75) is 32.2 Å². The minimum atomic E-state index is -0.546. The summed E-state index contributed by atoms with van der Waals surface area (Å²) >= 11 is 0. The van der Waals surface area contributed by atoms with Crippen LogP contribution in [0.5, 0.6) is 0 Å². The van der Waals surface area contributed by atoms with Crippen molar-refractivity contribution >= 4 is 16.8 Å². The van der Waals surface area contributed by atoms with E-state index < -0.39 is 6.04 Å².